The molecule has 0 unspecified atom stereocenters. The molecular weight excluding hydrogens is 352 g/mol. The lowest BCUT2D eigenvalue weighted by Crippen LogP contribution is -2.31. The smallest absolute Gasteiger partial charge is 0.411 e. The summed E-state index contributed by atoms with van der Waals surface area (Å²) in [5.74, 6) is -0.395. The number of ether oxygens (including phenoxy) is 1. The molecule has 2 amide bonds. The second-order valence-electron chi connectivity index (χ2n) is 6.29. The van der Waals surface area contributed by atoms with Crippen LogP contribution in [0.4, 0.5) is 21.0 Å². The van der Waals surface area contributed by atoms with E-state index in [1.807, 2.05) is 0 Å². The van der Waals surface area contributed by atoms with Gasteiger partial charge in [0.15, 0.2) is 5.78 Å². The van der Waals surface area contributed by atoms with Crippen molar-refractivity contribution < 1.29 is 29.3 Å². The van der Waals surface area contributed by atoms with Gasteiger partial charge in [0.05, 0.1) is 0 Å². The first-order valence-electron chi connectivity index (χ1n) is 8.05. The van der Waals surface area contributed by atoms with Crippen LogP contribution in [0.3, 0.4) is 0 Å². The van der Waals surface area contributed by atoms with Crippen LogP contribution in [0.2, 0.25) is 0 Å². The van der Waals surface area contributed by atoms with Gasteiger partial charge in [-0.1, -0.05) is 24.3 Å². The molecule has 2 aromatic rings. The van der Waals surface area contributed by atoms with Crippen molar-refractivity contribution in [3.05, 3.63) is 59.7 Å². The monoisotopic (exact) mass is 372 g/mol. The molecular formula is C19H20N2O6. The highest BCUT2D eigenvalue weighted by Crippen LogP contribution is 2.15. The minimum Gasteiger partial charge on any atom is -0.465 e. The largest absolute Gasteiger partial charge is 0.465 e. The zero-order valence-corrected chi connectivity index (χ0v) is 14.9. The Morgan fingerprint density at radius 1 is 0.926 bits per heavy atom. The van der Waals surface area contributed by atoms with Crippen molar-refractivity contribution in [1.82, 2.24) is 0 Å². The van der Waals surface area contributed by atoms with Crippen LogP contribution in [0.25, 0.3) is 0 Å². The first-order chi connectivity index (χ1) is 12.6. The Balaban J connectivity index is 1.86. The molecule has 0 bridgehead atoms. The molecule has 0 fully saturated rings. The van der Waals surface area contributed by atoms with Gasteiger partial charge in [-0.15, -0.1) is 0 Å². The summed E-state index contributed by atoms with van der Waals surface area (Å²) in [6.45, 7) is 2.84. The van der Waals surface area contributed by atoms with Gasteiger partial charge in [0.25, 0.3) is 0 Å². The van der Waals surface area contributed by atoms with Gasteiger partial charge in [0.1, 0.15) is 12.2 Å². The van der Waals surface area contributed by atoms with Gasteiger partial charge in [0, 0.05) is 16.9 Å². The number of carboxylic acid groups (broad SMARTS) is 1. The zero-order chi connectivity index (χ0) is 20.0. The van der Waals surface area contributed by atoms with Crippen molar-refractivity contribution in [2.24, 2.45) is 0 Å². The van der Waals surface area contributed by atoms with Gasteiger partial charge in [0.2, 0.25) is 0 Å². The fraction of sp³-hybridized carbons (Fsp3) is 0.211. The Kier molecular flexibility index (Phi) is 6.15. The van der Waals surface area contributed by atoms with Gasteiger partial charge >= 0.3 is 12.2 Å². The van der Waals surface area contributed by atoms with Gasteiger partial charge in [-0.2, -0.15) is 0 Å². The maximum absolute atomic E-state index is 11.9. The summed E-state index contributed by atoms with van der Waals surface area (Å²) in [6, 6.07) is 12.5. The number of ketones is 1. The van der Waals surface area contributed by atoms with Crippen LogP contribution in [0, 0.1) is 0 Å². The maximum Gasteiger partial charge on any atom is 0.411 e. The van der Waals surface area contributed by atoms with Gasteiger partial charge in [-0.05, 0) is 43.7 Å². The summed E-state index contributed by atoms with van der Waals surface area (Å²) in [6.07, 6.45) is -1.85. The Morgan fingerprint density at radius 3 is 1.93 bits per heavy atom. The van der Waals surface area contributed by atoms with Crippen molar-refractivity contribution in [3.8, 4) is 0 Å². The van der Waals surface area contributed by atoms with Crippen LogP contribution in [0.1, 0.15) is 29.8 Å². The fourth-order valence-corrected chi connectivity index (χ4v) is 2.17. The van der Waals surface area contributed by atoms with Crippen molar-refractivity contribution in [2.75, 3.05) is 10.6 Å². The minimum atomic E-state index is -1.45. The molecule has 8 heteroatoms. The van der Waals surface area contributed by atoms with Gasteiger partial charge in [-0.25, -0.2) is 9.59 Å². The van der Waals surface area contributed by atoms with Crippen LogP contribution >= 0.6 is 0 Å². The van der Waals surface area contributed by atoms with Crippen molar-refractivity contribution in [1.29, 1.82) is 0 Å². The lowest BCUT2D eigenvalue weighted by Gasteiger charge is -2.15. The van der Waals surface area contributed by atoms with E-state index in [4.69, 9.17) is 9.84 Å². The third kappa shape index (κ3) is 6.12. The quantitative estimate of drug-likeness (QED) is 0.575. The molecule has 142 valence electrons. The molecule has 0 aromatic heterocycles. The highest BCUT2D eigenvalue weighted by Gasteiger charge is 2.24. The summed E-state index contributed by atoms with van der Waals surface area (Å²) in [4.78, 5) is 34.3. The summed E-state index contributed by atoms with van der Waals surface area (Å²) in [5, 5.41) is 23.0. The van der Waals surface area contributed by atoms with Crippen LogP contribution < -0.4 is 10.6 Å². The van der Waals surface area contributed by atoms with Gasteiger partial charge in [-0.3, -0.25) is 15.4 Å². The third-order valence-electron chi connectivity index (χ3n) is 3.52. The molecule has 4 N–H and O–H groups in total. The number of Topliss-reactive ketones (excluding diaryl/α,β-unsaturated/α-hetero) is 1. The molecule has 0 atom stereocenters. The molecule has 0 aliphatic heterocycles. The first-order valence-corrected chi connectivity index (χ1v) is 8.05. The molecule has 27 heavy (non-hydrogen) atoms. The van der Waals surface area contributed by atoms with E-state index in [2.05, 4.69) is 10.6 Å². The number of anilines is 2. The topological polar surface area (TPSA) is 125 Å². The van der Waals surface area contributed by atoms with E-state index in [-0.39, 0.29) is 6.61 Å². The lowest BCUT2D eigenvalue weighted by atomic mass is 9.96. The average molecular weight is 372 g/mol. The highest BCUT2D eigenvalue weighted by atomic mass is 16.5. The molecule has 0 saturated heterocycles. The summed E-state index contributed by atoms with van der Waals surface area (Å²) in [5.41, 5.74) is 0.418. The van der Waals surface area contributed by atoms with Crippen LogP contribution in [-0.4, -0.2) is 33.8 Å². The van der Waals surface area contributed by atoms with E-state index in [9.17, 15) is 19.5 Å². The molecule has 0 heterocycles. The Bertz CT molecular complexity index is 823. The number of nitrogens with one attached hydrogen (secondary N) is 2. The van der Waals surface area contributed by atoms with Crippen LogP contribution in [0.15, 0.2) is 48.5 Å². The average Bonchev–Trinajstić information content (AvgIpc) is 2.60. The number of aliphatic hydroxyl groups is 1. The summed E-state index contributed by atoms with van der Waals surface area (Å²) in [7, 11) is 0. The minimum absolute atomic E-state index is 0.00146. The van der Waals surface area contributed by atoms with E-state index in [0.717, 1.165) is 0 Å². The molecule has 2 aromatic carbocycles. The van der Waals surface area contributed by atoms with E-state index in [1.165, 1.54) is 38.1 Å². The number of hydrogen-bond acceptors (Lipinski definition) is 5. The normalized spacial score (nSPS) is 10.8. The van der Waals surface area contributed by atoms with E-state index in [1.54, 1.807) is 24.3 Å². The number of rotatable bonds is 6. The van der Waals surface area contributed by atoms with E-state index < -0.39 is 23.6 Å². The zero-order valence-electron chi connectivity index (χ0n) is 14.9. The molecule has 0 aliphatic carbocycles. The van der Waals surface area contributed by atoms with Crippen molar-refractivity contribution in [2.45, 2.75) is 26.1 Å². The van der Waals surface area contributed by atoms with E-state index >= 15 is 0 Å². The molecule has 8 nitrogen and oxygen atoms in total. The second-order valence-corrected chi connectivity index (χ2v) is 6.29. The third-order valence-corrected chi connectivity index (χ3v) is 3.52. The standard InChI is InChI=1S/C19H20N2O6/c1-19(2,26)16(22)13-5-3-12(4-6-13)11-27-18(25)21-15-9-7-14(8-10-15)20-17(23)24/h3-10,20,26H,11H2,1-2H3,(H,21,25)(H,23,24). The molecule has 0 aliphatic rings. The van der Waals surface area contributed by atoms with Gasteiger partial charge < -0.3 is 14.9 Å². The first kappa shape index (κ1) is 19.9. The Morgan fingerprint density at radius 2 is 1.44 bits per heavy atom. The predicted octanol–water partition coefficient (Wildman–Crippen LogP) is 3.48. The number of amides is 2. The maximum atomic E-state index is 11.9. The number of hydrogen-bond donors (Lipinski definition) is 4. The summed E-state index contributed by atoms with van der Waals surface area (Å²) >= 11 is 0. The highest BCUT2D eigenvalue weighted by molar-refractivity contribution is 6.01. The molecule has 0 saturated carbocycles. The SMILES string of the molecule is CC(C)(O)C(=O)c1ccc(COC(=O)Nc2ccc(NC(=O)O)cc2)cc1. The number of carbonyl (C=O) groups is 3. The van der Waals surface area contributed by atoms with Crippen LogP contribution in [0.5, 0.6) is 0 Å². The summed E-state index contributed by atoms with van der Waals surface area (Å²) < 4.78 is 5.10. The van der Waals surface area contributed by atoms with E-state index in [0.29, 0.717) is 22.5 Å². The van der Waals surface area contributed by atoms with Crippen molar-refractivity contribution in [3.63, 3.8) is 0 Å². The Hall–Kier alpha value is -3.39. The molecule has 0 spiro atoms. The Labute approximate surface area is 155 Å². The molecule has 2 rings (SSSR count). The second kappa shape index (κ2) is 8.33. The van der Waals surface area contributed by atoms with Crippen molar-refractivity contribution >= 4 is 29.3 Å². The number of carbonyl (C=O) groups excluding carboxylic acids is 2. The van der Waals surface area contributed by atoms with Crippen LogP contribution in [-0.2, 0) is 11.3 Å². The predicted molar refractivity (Wildman–Crippen MR) is 99.0 cm³/mol. The molecule has 0 radical (unpaired) electrons. The lowest BCUT2D eigenvalue weighted by molar-refractivity contribution is 0.0488. The number of benzene rings is 2. The fourth-order valence-electron chi connectivity index (χ4n) is 2.17.